The van der Waals surface area contributed by atoms with E-state index in [0.29, 0.717) is 18.8 Å². The fourth-order valence-corrected chi connectivity index (χ4v) is 3.16. The minimum absolute atomic E-state index is 0.220. The van der Waals surface area contributed by atoms with Gasteiger partial charge in [0.25, 0.3) is 5.91 Å². The number of aromatic nitrogens is 2. The Labute approximate surface area is 150 Å². The molecule has 1 amide bonds. The van der Waals surface area contributed by atoms with Crippen LogP contribution in [0.3, 0.4) is 0 Å². The van der Waals surface area contributed by atoms with Crippen molar-refractivity contribution in [3.8, 4) is 0 Å². The molecule has 6 heteroatoms. The van der Waals surface area contributed by atoms with Crippen molar-refractivity contribution in [3.05, 3.63) is 83.4 Å². The number of fused-ring (bicyclic) bond motifs is 1. The smallest absolute Gasteiger partial charge is 0.258 e. The maximum Gasteiger partial charge on any atom is 0.258 e. The summed E-state index contributed by atoms with van der Waals surface area (Å²) in [5.74, 6) is -0.501. The van der Waals surface area contributed by atoms with Gasteiger partial charge in [-0.15, -0.1) is 0 Å². The summed E-state index contributed by atoms with van der Waals surface area (Å²) in [5, 5.41) is 7.07. The predicted octanol–water partition coefficient (Wildman–Crippen LogP) is 3.32. The Morgan fingerprint density at radius 3 is 3.04 bits per heavy atom. The van der Waals surface area contributed by atoms with Crippen LogP contribution in [0.5, 0.6) is 0 Å². The van der Waals surface area contributed by atoms with Crippen molar-refractivity contribution in [3.63, 3.8) is 0 Å². The van der Waals surface area contributed by atoms with Gasteiger partial charge in [0.15, 0.2) is 6.10 Å². The van der Waals surface area contributed by atoms with Crippen molar-refractivity contribution >= 4 is 11.6 Å². The number of carbonyl (C=O) groups excluding carboxylic acids is 1. The number of rotatable bonds is 4. The first-order valence-electron chi connectivity index (χ1n) is 8.46. The average Bonchev–Trinajstić information content (AvgIpc) is 3.08. The van der Waals surface area contributed by atoms with Crippen LogP contribution in [0.4, 0.5) is 10.1 Å². The highest BCUT2D eigenvalue weighted by atomic mass is 19.1. The maximum absolute atomic E-state index is 13.3. The number of benzene rings is 2. The number of carbonyl (C=O) groups is 1. The zero-order valence-electron chi connectivity index (χ0n) is 14.1. The fourth-order valence-electron chi connectivity index (χ4n) is 3.16. The van der Waals surface area contributed by atoms with Crippen LogP contribution < -0.4 is 5.32 Å². The van der Waals surface area contributed by atoms with E-state index in [1.54, 1.807) is 23.1 Å². The lowest BCUT2D eigenvalue weighted by Crippen LogP contribution is -2.28. The van der Waals surface area contributed by atoms with Gasteiger partial charge in [-0.25, -0.2) is 4.39 Å². The average molecular weight is 351 g/mol. The van der Waals surface area contributed by atoms with Gasteiger partial charge >= 0.3 is 0 Å². The molecule has 1 N–H and O–H groups in total. The van der Waals surface area contributed by atoms with Crippen LogP contribution in [0.2, 0.25) is 0 Å². The lowest BCUT2D eigenvalue weighted by molar-refractivity contribution is -0.128. The topological polar surface area (TPSA) is 56.2 Å². The summed E-state index contributed by atoms with van der Waals surface area (Å²) in [7, 11) is 0. The summed E-state index contributed by atoms with van der Waals surface area (Å²) < 4.78 is 20.6. The van der Waals surface area contributed by atoms with Crippen molar-refractivity contribution in [1.29, 1.82) is 0 Å². The Balaban J connectivity index is 1.45. The number of hydrogen-bond acceptors (Lipinski definition) is 3. The lowest BCUT2D eigenvalue weighted by atomic mass is 9.97. The zero-order chi connectivity index (χ0) is 17.9. The van der Waals surface area contributed by atoms with Gasteiger partial charge < -0.3 is 10.1 Å². The Morgan fingerprint density at radius 2 is 2.15 bits per heavy atom. The second-order valence-corrected chi connectivity index (χ2v) is 6.25. The monoisotopic (exact) mass is 351 g/mol. The largest absolute Gasteiger partial charge is 0.363 e. The molecule has 4 rings (SSSR count). The van der Waals surface area contributed by atoms with E-state index in [1.807, 2.05) is 30.3 Å². The molecule has 5 nitrogen and oxygen atoms in total. The van der Waals surface area contributed by atoms with Crippen LogP contribution in [-0.4, -0.2) is 22.3 Å². The molecule has 3 aromatic rings. The number of hydrogen-bond donors (Lipinski definition) is 1. The molecule has 26 heavy (non-hydrogen) atoms. The summed E-state index contributed by atoms with van der Waals surface area (Å²) >= 11 is 0. The lowest BCUT2D eigenvalue weighted by Gasteiger charge is -2.24. The van der Waals surface area contributed by atoms with Crippen molar-refractivity contribution < 1.29 is 13.9 Å². The molecule has 0 saturated heterocycles. The molecule has 132 valence electrons. The Kier molecular flexibility index (Phi) is 4.50. The normalized spacial score (nSPS) is 16.1. The maximum atomic E-state index is 13.3. The first-order valence-corrected chi connectivity index (χ1v) is 8.46. The molecule has 1 unspecified atom stereocenters. The third-order valence-electron chi connectivity index (χ3n) is 4.37. The zero-order valence-corrected chi connectivity index (χ0v) is 14.1. The molecule has 0 fully saturated rings. The predicted molar refractivity (Wildman–Crippen MR) is 95.2 cm³/mol. The molecule has 0 saturated carbocycles. The van der Waals surface area contributed by atoms with Crippen molar-refractivity contribution in [1.82, 2.24) is 9.78 Å². The number of anilines is 1. The first-order chi connectivity index (χ1) is 12.7. The highest BCUT2D eigenvalue weighted by Gasteiger charge is 2.27. The molecule has 1 aliphatic heterocycles. The third-order valence-corrected chi connectivity index (χ3v) is 4.37. The molecule has 0 radical (unpaired) electrons. The van der Waals surface area contributed by atoms with E-state index >= 15 is 0 Å². The van der Waals surface area contributed by atoms with Crippen molar-refractivity contribution in [2.45, 2.75) is 19.1 Å². The number of amides is 1. The highest BCUT2D eigenvalue weighted by Crippen LogP contribution is 2.28. The fraction of sp³-hybridized carbons (Fsp3) is 0.200. The van der Waals surface area contributed by atoms with E-state index in [0.717, 1.165) is 23.1 Å². The molecule has 1 aliphatic rings. The van der Waals surface area contributed by atoms with E-state index < -0.39 is 6.10 Å². The van der Waals surface area contributed by atoms with Gasteiger partial charge in [-0.3, -0.25) is 9.48 Å². The standard InChI is InChI=1S/C20H18FN3O2/c21-16-6-3-4-14(10-16)12-24-13-17(11-22-24)23-20(25)19-18-7-2-1-5-15(18)8-9-26-19/h1-7,10-11,13,19H,8-9,12H2,(H,23,25). The molecule has 0 aliphatic carbocycles. The van der Waals surface area contributed by atoms with Gasteiger partial charge in [-0.1, -0.05) is 36.4 Å². The molecule has 2 heterocycles. The van der Waals surface area contributed by atoms with E-state index in [1.165, 1.54) is 12.1 Å². The number of nitrogens with one attached hydrogen (secondary N) is 1. The summed E-state index contributed by atoms with van der Waals surface area (Å²) in [6.45, 7) is 0.949. The number of halogens is 1. The first kappa shape index (κ1) is 16.5. The Bertz CT molecular complexity index is 938. The van der Waals surface area contributed by atoms with Gasteiger partial charge in [0.05, 0.1) is 25.0 Å². The van der Waals surface area contributed by atoms with Crippen LogP contribution in [0, 0.1) is 5.82 Å². The molecular weight excluding hydrogens is 333 g/mol. The third kappa shape index (κ3) is 3.50. The molecule has 1 aromatic heterocycles. The highest BCUT2D eigenvalue weighted by molar-refractivity contribution is 5.95. The Hall–Kier alpha value is -2.99. The van der Waals surface area contributed by atoms with Crippen molar-refractivity contribution in [2.75, 3.05) is 11.9 Å². The SMILES string of the molecule is O=C(Nc1cnn(Cc2cccc(F)c2)c1)C1OCCc2ccccc21. The van der Waals surface area contributed by atoms with Gasteiger partial charge in [-0.05, 0) is 35.2 Å². The van der Waals surface area contributed by atoms with Crippen LogP contribution in [-0.2, 0) is 22.5 Å². The van der Waals surface area contributed by atoms with Gasteiger partial charge in [0, 0.05) is 6.20 Å². The molecule has 0 spiro atoms. The van der Waals surface area contributed by atoms with E-state index in [2.05, 4.69) is 10.4 Å². The number of ether oxygens (including phenoxy) is 1. The Morgan fingerprint density at radius 1 is 1.27 bits per heavy atom. The van der Waals surface area contributed by atoms with Crippen LogP contribution in [0.1, 0.15) is 22.8 Å². The minimum Gasteiger partial charge on any atom is -0.363 e. The van der Waals surface area contributed by atoms with Crippen LogP contribution in [0.25, 0.3) is 0 Å². The summed E-state index contributed by atoms with van der Waals surface area (Å²) in [6.07, 6.45) is 3.49. The van der Waals surface area contributed by atoms with Crippen LogP contribution in [0.15, 0.2) is 60.9 Å². The second kappa shape index (κ2) is 7.09. The minimum atomic E-state index is -0.619. The van der Waals surface area contributed by atoms with Gasteiger partial charge in [-0.2, -0.15) is 5.10 Å². The summed E-state index contributed by atoms with van der Waals surface area (Å²) in [5.41, 5.74) is 3.43. The molecule has 0 bridgehead atoms. The molecule has 1 atom stereocenters. The van der Waals surface area contributed by atoms with Gasteiger partial charge in [0.1, 0.15) is 5.82 Å². The van der Waals surface area contributed by atoms with E-state index in [9.17, 15) is 9.18 Å². The summed E-state index contributed by atoms with van der Waals surface area (Å²) in [4.78, 5) is 12.6. The molecule has 2 aromatic carbocycles. The summed E-state index contributed by atoms with van der Waals surface area (Å²) in [6, 6.07) is 14.2. The van der Waals surface area contributed by atoms with E-state index in [4.69, 9.17) is 4.74 Å². The van der Waals surface area contributed by atoms with Crippen LogP contribution >= 0.6 is 0 Å². The van der Waals surface area contributed by atoms with E-state index in [-0.39, 0.29) is 11.7 Å². The van der Waals surface area contributed by atoms with Crippen molar-refractivity contribution in [2.24, 2.45) is 0 Å². The van der Waals surface area contributed by atoms with Gasteiger partial charge in [0.2, 0.25) is 0 Å². The second-order valence-electron chi connectivity index (χ2n) is 6.25. The number of nitrogens with zero attached hydrogens (tertiary/aromatic N) is 2. The molecular formula is C20H18FN3O2. The quantitative estimate of drug-likeness (QED) is 0.784.